The normalized spacial score (nSPS) is 17.7. The monoisotopic (exact) mass is 241 g/mol. The standard InChI is InChI=1S/C14H27NO2/c1-10(2)14(17)13(15(5)6)9-11(3)7-8-12(4)16/h7-8,10-13,16H,9H2,1-6H3/b8-7+/t11-,12?,13+/m1/s1. The summed E-state index contributed by atoms with van der Waals surface area (Å²) in [7, 11) is 3.88. The molecule has 0 bridgehead atoms. The van der Waals surface area contributed by atoms with Crippen LogP contribution in [0.4, 0.5) is 0 Å². The minimum atomic E-state index is -0.420. The van der Waals surface area contributed by atoms with E-state index in [1.54, 1.807) is 13.0 Å². The Hall–Kier alpha value is -0.670. The van der Waals surface area contributed by atoms with Gasteiger partial charge < -0.3 is 5.11 Å². The molecule has 0 spiro atoms. The van der Waals surface area contributed by atoms with Crippen molar-refractivity contribution in [3.63, 3.8) is 0 Å². The maximum absolute atomic E-state index is 12.0. The van der Waals surface area contributed by atoms with Crippen LogP contribution in [-0.4, -0.2) is 42.0 Å². The van der Waals surface area contributed by atoms with Crippen molar-refractivity contribution in [2.45, 2.75) is 46.3 Å². The molecule has 0 heterocycles. The SMILES string of the molecule is CC(O)/C=C/[C@@H](C)C[C@@H](C(=O)C(C)C)N(C)C. The predicted octanol–water partition coefficient (Wildman–Crippen LogP) is 2.10. The van der Waals surface area contributed by atoms with Gasteiger partial charge in [0.2, 0.25) is 0 Å². The van der Waals surface area contributed by atoms with Gasteiger partial charge in [0.05, 0.1) is 12.1 Å². The summed E-state index contributed by atoms with van der Waals surface area (Å²) in [6.45, 7) is 7.68. The van der Waals surface area contributed by atoms with E-state index < -0.39 is 6.10 Å². The molecule has 0 radical (unpaired) electrons. The number of aliphatic hydroxyl groups excluding tert-OH is 1. The average molecular weight is 241 g/mol. The van der Waals surface area contributed by atoms with E-state index in [1.165, 1.54) is 0 Å². The molecular formula is C14H27NO2. The first-order chi connectivity index (χ1) is 7.75. The second kappa shape index (κ2) is 7.62. The van der Waals surface area contributed by atoms with Gasteiger partial charge >= 0.3 is 0 Å². The van der Waals surface area contributed by atoms with E-state index in [0.717, 1.165) is 6.42 Å². The number of Topliss-reactive ketones (excluding diaryl/α,β-unsaturated/α-hetero) is 1. The molecule has 0 aromatic carbocycles. The molecule has 3 atom stereocenters. The first kappa shape index (κ1) is 16.3. The molecule has 3 nitrogen and oxygen atoms in total. The van der Waals surface area contributed by atoms with Crippen LogP contribution >= 0.6 is 0 Å². The second-order valence-corrected chi connectivity index (χ2v) is 5.37. The Morgan fingerprint density at radius 1 is 1.18 bits per heavy atom. The molecule has 0 aliphatic heterocycles. The van der Waals surface area contributed by atoms with Gasteiger partial charge in [-0.3, -0.25) is 9.69 Å². The van der Waals surface area contributed by atoms with Gasteiger partial charge in [0.25, 0.3) is 0 Å². The fourth-order valence-corrected chi connectivity index (χ4v) is 1.75. The lowest BCUT2D eigenvalue weighted by molar-refractivity contribution is -0.126. The third kappa shape index (κ3) is 6.59. The molecule has 0 aliphatic carbocycles. The van der Waals surface area contributed by atoms with Gasteiger partial charge in [-0.05, 0) is 33.4 Å². The highest BCUT2D eigenvalue weighted by molar-refractivity contribution is 5.85. The topological polar surface area (TPSA) is 40.5 Å². The third-order valence-corrected chi connectivity index (χ3v) is 2.83. The van der Waals surface area contributed by atoms with Gasteiger partial charge in [0.15, 0.2) is 5.78 Å². The van der Waals surface area contributed by atoms with Crippen LogP contribution in [0.25, 0.3) is 0 Å². The number of hydrogen-bond donors (Lipinski definition) is 1. The van der Waals surface area contributed by atoms with Crippen molar-refractivity contribution in [1.29, 1.82) is 0 Å². The largest absolute Gasteiger partial charge is 0.389 e. The van der Waals surface area contributed by atoms with Crippen LogP contribution in [0.5, 0.6) is 0 Å². The van der Waals surface area contributed by atoms with Gasteiger partial charge in [-0.15, -0.1) is 0 Å². The number of allylic oxidation sites excluding steroid dienone is 1. The zero-order valence-electron chi connectivity index (χ0n) is 12.0. The summed E-state index contributed by atoms with van der Waals surface area (Å²) in [5.74, 6) is 0.641. The van der Waals surface area contributed by atoms with E-state index in [2.05, 4.69) is 6.92 Å². The van der Waals surface area contributed by atoms with Crippen LogP contribution in [0, 0.1) is 11.8 Å². The fraction of sp³-hybridized carbons (Fsp3) is 0.786. The molecule has 0 aliphatic rings. The Balaban J connectivity index is 4.50. The summed E-state index contributed by atoms with van der Waals surface area (Å²) in [6.07, 6.45) is 4.13. The zero-order chi connectivity index (χ0) is 13.6. The summed E-state index contributed by atoms with van der Waals surface area (Å²) >= 11 is 0. The molecule has 0 saturated heterocycles. The number of carbonyl (C=O) groups excluding carboxylic acids is 1. The van der Waals surface area contributed by atoms with E-state index in [9.17, 15) is 9.90 Å². The summed E-state index contributed by atoms with van der Waals surface area (Å²) in [6, 6.07) is -0.0383. The second-order valence-electron chi connectivity index (χ2n) is 5.37. The van der Waals surface area contributed by atoms with Crippen LogP contribution in [0.15, 0.2) is 12.2 Å². The summed E-state index contributed by atoms with van der Waals surface area (Å²) < 4.78 is 0. The van der Waals surface area contributed by atoms with Crippen molar-refractivity contribution in [3.8, 4) is 0 Å². The molecule has 0 rings (SSSR count). The Morgan fingerprint density at radius 3 is 2.06 bits per heavy atom. The van der Waals surface area contributed by atoms with Gasteiger partial charge in [0.1, 0.15) is 0 Å². The summed E-state index contributed by atoms with van der Waals surface area (Å²) in [4.78, 5) is 14.0. The highest BCUT2D eigenvalue weighted by Crippen LogP contribution is 2.15. The molecule has 17 heavy (non-hydrogen) atoms. The molecule has 0 saturated carbocycles. The number of aliphatic hydroxyl groups is 1. The highest BCUT2D eigenvalue weighted by Gasteiger charge is 2.24. The Kier molecular flexibility index (Phi) is 7.32. The highest BCUT2D eigenvalue weighted by atomic mass is 16.3. The smallest absolute Gasteiger partial charge is 0.152 e. The first-order valence-corrected chi connectivity index (χ1v) is 6.32. The van der Waals surface area contributed by atoms with Crippen LogP contribution in [0.1, 0.15) is 34.1 Å². The quantitative estimate of drug-likeness (QED) is 0.694. The minimum absolute atomic E-state index is 0.0383. The van der Waals surface area contributed by atoms with Crippen molar-refractivity contribution < 1.29 is 9.90 Å². The van der Waals surface area contributed by atoms with Crippen LogP contribution in [-0.2, 0) is 4.79 Å². The number of carbonyl (C=O) groups is 1. The van der Waals surface area contributed by atoms with Crippen molar-refractivity contribution >= 4 is 5.78 Å². The molecule has 0 aromatic heterocycles. The molecule has 0 fully saturated rings. The first-order valence-electron chi connectivity index (χ1n) is 6.32. The Bertz CT molecular complexity index is 257. The Labute approximate surface area is 106 Å². The maximum Gasteiger partial charge on any atom is 0.152 e. The van der Waals surface area contributed by atoms with Crippen LogP contribution in [0.2, 0.25) is 0 Å². The molecule has 0 amide bonds. The van der Waals surface area contributed by atoms with Gasteiger partial charge in [-0.2, -0.15) is 0 Å². The van der Waals surface area contributed by atoms with Crippen LogP contribution < -0.4 is 0 Å². The lowest BCUT2D eigenvalue weighted by atomic mass is 9.92. The fourth-order valence-electron chi connectivity index (χ4n) is 1.75. The molecule has 3 heteroatoms. The molecular weight excluding hydrogens is 214 g/mol. The van der Waals surface area contributed by atoms with Gasteiger partial charge in [-0.25, -0.2) is 0 Å². The molecule has 0 aromatic rings. The third-order valence-electron chi connectivity index (χ3n) is 2.83. The molecule has 1 unspecified atom stereocenters. The Morgan fingerprint density at radius 2 is 1.71 bits per heavy atom. The lowest BCUT2D eigenvalue weighted by Crippen LogP contribution is -2.39. The van der Waals surface area contributed by atoms with E-state index in [1.807, 2.05) is 38.9 Å². The van der Waals surface area contributed by atoms with Crippen molar-refractivity contribution in [2.75, 3.05) is 14.1 Å². The molecule has 100 valence electrons. The lowest BCUT2D eigenvalue weighted by Gasteiger charge is -2.26. The number of hydrogen-bond acceptors (Lipinski definition) is 3. The average Bonchev–Trinajstić information content (AvgIpc) is 2.21. The van der Waals surface area contributed by atoms with E-state index in [-0.39, 0.29) is 17.7 Å². The number of ketones is 1. The molecule has 1 N–H and O–H groups in total. The zero-order valence-corrected chi connectivity index (χ0v) is 12.0. The number of nitrogens with zero attached hydrogens (tertiary/aromatic N) is 1. The maximum atomic E-state index is 12.0. The van der Waals surface area contributed by atoms with Gasteiger partial charge in [0, 0.05) is 5.92 Å². The summed E-state index contributed by atoms with van der Waals surface area (Å²) in [5.41, 5.74) is 0. The number of rotatable bonds is 7. The number of likely N-dealkylation sites (N-methyl/N-ethyl adjacent to an activating group) is 1. The van der Waals surface area contributed by atoms with E-state index in [4.69, 9.17) is 0 Å². The van der Waals surface area contributed by atoms with Crippen molar-refractivity contribution in [2.24, 2.45) is 11.8 Å². The van der Waals surface area contributed by atoms with Gasteiger partial charge in [-0.1, -0.05) is 32.9 Å². The van der Waals surface area contributed by atoms with E-state index >= 15 is 0 Å². The van der Waals surface area contributed by atoms with Crippen molar-refractivity contribution in [3.05, 3.63) is 12.2 Å². The van der Waals surface area contributed by atoms with E-state index in [0.29, 0.717) is 5.92 Å². The minimum Gasteiger partial charge on any atom is -0.389 e. The van der Waals surface area contributed by atoms with Crippen molar-refractivity contribution in [1.82, 2.24) is 4.90 Å². The predicted molar refractivity (Wildman–Crippen MR) is 71.9 cm³/mol. The van der Waals surface area contributed by atoms with Crippen LogP contribution in [0.3, 0.4) is 0 Å². The summed E-state index contributed by atoms with van der Waals surface area (Å²) in [5, 5.41) is 9.18.